The first kappa shape index (κ1) is 11.9. The van der Waals surface area contributed by atoms with E-state index in [-0.39, 0.29) is 11.7 Å². The van der Waals surface area contributed by atoms with Crippen molar-refractivity contribution >= 4 is 0 Å². The molecule has 0 spiro atoms. The van der Waals surface area contributed by atoms with Crippen molar-refractivity contribution in [3.05, 3.63) is 59.3 Å². The van der Waals surface area contributed by atoms with E-state index in [9.17, 15) is 4.39 Å². The molecule has 0 bridgehead atoms. The molecular formula is C14H16FNO. The van der Waals surface area contributed by atoms with Gasteiger partial charge in [-0.1, -0.05) is 12.1 Å². The minimum atomic E-state index is -0.224. The Bertz CT molecular complexity index is 475. The lowest BCUT2D eigenvalue weighted by atomic mass is 9.95. The normalized spacial score (nSPS) is 12.6. The Morgan fingerprint density at radius 2 is 1.88 bits per heavy atom. The third-order valence-electron chi connectivity index (χ3n) is 2.87. The van der Waals surface area contributed by atoms with Gasteiger partial charge in [0.1, 0.15) is 17.3 Å². The lowest BCUT2D eigenvalue weighted by molar-refractivity contribution is 0.465. The lowest BCUT2D eigenvalue weighted by Gasteiger charge is -2.13. The summed E-state index contributed by atoms with van der Waals surface area (Å²) in [6.45, 7) is 2.43. The van der Waals surface area contributed by atoms with Gasteiger partial charge in [-0.05, 0) is 43.3 Å². The molecule has 2 nitrogen and oxygen atoms in total. The number of hydrogen-bond donors (Lipinski definition) is 1. The first-order valence-electron chi connectivity index (χ1n) is 5.70. The molecule has 0 fully saturated rings. The summed E-state index contributed by atoms with van der Waals surface area (Å²) in [4.78, 5) is 0. The smallest absolute Gasteiger partial charge is 0.123 e. The first-order valence-corrected chi connectivity index (χ1v) is 5.70. The van der Waals surface area contributed by atoms with Crippen LogP contribution in [0.25, 0.3) is 0 Å². The number of hydrogen-bond acceptors (Lipinski definition) is 2. The van der Waals surface area contributed by atoms with Gasteiger partial charge in [0.15, 0.2) is 0 Å². The van der Waals surface area contributed by atoms with E-state index in [1.54, 1.807) is 12.1 Å². The van der Waals surface area contributed by atoms with Crippen molar-refractivity contribution in [2.24, 2.45) is 5.73 Å². The summed E-state index contributed by atoms with van der Waals surface area (Å²) in [5, 5.41) is 0. The standard InChI is InChI=1S/C14H16FNO/c1-10-2-7-14(17-10)8-12(9-16)11-3-5-13(15)6-4-11/h2-7,12H,8-9,16H2,1H3. The van der Waals surface area contributed by atoms with Crippen LogP contribution in [0.15, 0.2) is 40.8 Å². The number of furan rings is 1. The van der Waals surface area contributed by atoms with Crippen LogP contribution in [0.3, 0.4) is 0 Å². The minimum absolute atomic E-state index is 0.168. The molecule has 0 saturated heterocycles. The fourth-order valence-corrected chi connectivity index (χ4v) is 1.91. The minimum Gasteiger partial charge on any atom is -0.466 e. The molecule has 3 heteroatoms. The highest BCUT2D eigenvalue weighted by molar-refractivity contribution is 5.22. The average Bonchev–Trinajstić information content (AvgIpc) is 2.73. The Kier molecular flexibility index (Phi) is 3.59. The molecular weight excluding hydrogens is 217 g/mol. The van der Waals surface area contributed by atoms with Gasteiger partial charge in [-0.3, -0.25) is 0 Å². The molecule has 0 amide bonds. The van der Waals surface area contributed by atoms with E-state index in [1.165, 1.54) is 12.1 Å². The fraction of sp³-hybridized carbons (Fsp3) is 0.286. The van der Waals surface area contributed by atoms with Crippen LogP contribution in [0.4, 0.5) is 4.39 Å². The SMILES string of the molecule is Cc1ccc(CC(CN)c2ccc(F)cc2)o1. The highest BCUT2D eigenvalue weighted by atomic mass is 19.1. The van der Waals surface area contributed by atoms with E-state index in [2.05, 4.69) is 0 Å². The molecule has 2 N–H and O–H groups in total. The predicted octanol–water partition coefficient (Wildman–Crippen LogP) is 3.01. The van der Waals surface area contributed by atoms with Crippen LogP contribution in [-0.4, -0.2) is 6.54 Å². The number of benzene rings is 1. The van der Waals surface area contributed by atoms with E-state index >= 15 is 0 Å². The third kappa shape index (κ3) is 2.94. The van der Waals surface area contributed by atoms with E-state index in [0.717, 1.165) is 23.5 Å². The highest BCUT2D eigenvalue weighted by Gasteiger charge is 2.12. The number of aryl methyl sites for hydroxylation is 1. The van der Waals surface area contributed by atoms with Crippen molar-refractivity contribution in [1.29, 1.82) is 0 Å². The van der Waals surface area contributed by atoms with Gasteiger partial charge >= 0.3 is 0 Å². The molecule has 0 aliphatic rings. The molecule has 17 heavy (non-hydrogen) atoms. The molecule has 0 radical (unpaired) electrons. The van der Waals surface area contributed by atoms with Crippen LogP contribution in [-0.2, 0) is 6.42 Å². The van der Waals surface area contributed by atoms with Gasteiger partial charge in [0.05, 0.1) is 0 Å². The summed E-state index contributed by atoms with van der Waals surface area (Å²) in [5.41, 5.74) is 6.81. The van der Waals surface area contributed by atoms with Crippen LogP contribution in [0.1, 0.15) is 23.0 Å². The number of halogens is 1. The van der Waals surface area contributed by atoms with Crippen LogP contribution < -0.4 is 5.73 Å². The summed E-state index contributed by atoms with van der Waals surface area (Å²) in [7, 11) is 0. The second kappa shape index (κ2) is 5.15. The maximum Gasteiger partial charge on any atom is 0.123 e. The van der Waals surface area contributed by atoms with Gasteiger partial charge < -0.3 is 10.2 Å². The van der Waals surface area contributed by atoms with Gasteiger partial charge in [0.25, 0.3) is 0 Å². The van der Waals surface area contributed by atoms with Gasteiger partial charge in [0, 0.05) is 12.3 Å². The number of nitrogens with two attached hydrogens (primary N) is 1. The molecule has 1 aromatic carbocycles. The Hall–Kier alpha value is -1.61. The largest absolute Gasteiger partial charge is 0.466 e. The van der Waals surface area contributed by atoms with Gasteiger partial charge in [-0.15, -0.1) is 0 Å². The van der Waals surface area contributed by atoms with Gasteiger partial charge in [-0.25, -0.2) is 4.39 Å². The second-order valence-corrected chi connectivity index (χ2v) is 4.20. The Morgan fingerprint density at radius 3 is 2.41 bits per heavy atom. The van der Waals surface area contributed by atoms with Crippen molar-refractivity contribution in [3.8, 4) is 0 Å². The maximum atomic E-state index is 12.8. The summed E-state index contributed by atoms with van der Waals surface area (Å²) in [6, 6.07) is 10.4. The van der Waals surface area contributed by atoms with Crippen molar-refractivity contribution in [2.75, 3.05) is 6.54 Å². The maximum absolute atomic E-state index is 12.8. The second-order valence-electron chi connectivity index (χ2n) is 4.20. The lowest BCUT2D eigenvalue weighted by Crippen LogP contribution is -2.14. The molecule has 1 atom stereocenters. The van der Waals surface area contributed by atoms with Crippen molar-refractivity contribution in [2.45, 2.75) is 19.3 Å². The highest BCUT2D eigenvalue weighted by Crippen LogP contribution is 2.21. The van der Waals surface area contributed by atoms with E-state index < -0.39 is 0 Å². The van der Waals surface area contributed by atoms with Crippen LogP contribution in [0.2, 0.25) is 0 Å². The summed E-state index contributed by atoms with van der Waals surface area (Å²) >= 11 is 0. The number of rotatable bonds is 4. The van der Waals surface area contributed by atoms with Gasteiger partial charge in [-0.2, -0.15) is 0 Å². The topological polar surface area (TPSA) is 39.2 Å². The predicted molar refractivity (Wildman–Crippen MR) is 65.3 cm³/mol. The fourth-order valence-electron chi connectivity index (χ4n) is 1.91. The monoisotopic (exact) mass is 233 g/mol. The van der Waals surface area contributed by atoms with Crippen molar-refractivity contribution in [1.82, 2.24) is 0 Å². The summed E-state index contributed by atoms with van der Waals surface area (Å²) < 4.78 is 18.4. The molecule has 2 aromatic rings. The van der Waals surface area contributed by atoms with Crippen molar-refractivity contribution in [3.63, 3.8) is 0 Å². The average molecular weight is 233 g/mol. The Balaban J connectivity index is 2.13. The van der Waals surface area contributed by atoms with Crippen LogP contribution in [0.5, 0.6) is 0 Å². The van der Waals surface area contributed by atoms with Crippen LogP contribution >= 0.6 is 0 Å². The molecule has 0 saturated carbocycles. The quantitative estimate of drug-likeness (QED) is 0.881. The first-order chi connectivity index (χ1) is 8.19. The van der Waals surface area contributed by atoms with Gasteiger partial charge in [0.2, 0.25) is 0 Å². The molecule has 90 valence electrons. The van der Waals surface area contributed by atoms with Crippen molar-refractivity contribution < 1.29 is 8.81 Å². The Morgan fingerprint density at radius 1 is 1.18 bits per heavy atom. The summed E-state index contributed by atoms with van der Waals surface area (Å²) in [6.07, 6.45) is 0.746. The molecule has 0 aliphatic carbocycles. The summed E-state index contributed by atoms with van der Waals surface area (Å²) in [5.74, 6) is 1.76. The third-order valence-corrected chi connectivity index (χ3v) is 2.87. The zero-order valence-corrected chi connectivity index (χ0v) is 9.82. The molecule has 1 unspecified atom stereocenters. The van der Waals surface area contributed by atoms with E-state index in [4.69, 9.17) is 10.2 Å². The van der Waals surface area contributed by atoms with E-state index in [1.807, 2.05) is 19.1 Å². The molecule has 1 heterocycles. The molecule has 1 aromatic heterocycles. The molecule has 0 aliphatic heterocycles. The zero-order valence-electron chi connectivity index (χ0n) is 9.82. The zero-order chi connectivity index (χ0) is 12.3. The van der Waals surface area contributed by atoms with E-state index in [0.29, 0.717) is 6.54 Å². The molecule has 2 rings (SSSR count). The Labute approximate surface area is 100 Å². The van der Waals surface area contributed by atoms with Crippen LogP contribution in [0, 0.1) is 12.7 Å².